The van der Waals surface area contributed by atoms with Gasteiger partial charge in [-0.05, 0) is 13.0 Å². The van der Waals surface area contributed by atoms with Crippen LogP contribution >= 0.6 is 0 Å². The zero-order chi connectivity index (χ0) is 22.6. The van der Waals surface area contributed by atoms with Gasteiger partial charge in [-0.2, -0.15) is 9.97 Å². The predicted octanol–water partition coefficient (Wildman–Crippen LogP) is 3.18. The van der Waals surface area contributed by atoms with Crippen LogP contribution in [0, 0.1) is 6.92 Å². The molecule has 0 aromatic carbocycles. The van der Waals surface area contributed by atoms with E-state index in [1.807, 2.05) is 0 Å². The van der Waals surface area contributed by atoms with Gasteiger partial charge in [-0.25, -0.2) is 23.1 Å². The molecule has 9 nitrogen and oxygen atoms in total. The van der Waals surface area contributed by atoms with Crippen molar-refractivity contribution in [2.45, 2.75) is 44.6 Å². The fourth-order valence-electron chi connectivity index (χ4n) is 4.05. The Labute approximate surface area is 179 Å². The van der Waals surface area contributed by atoms with Crippen LogP contribution in [0.3, 0.4) is 0 Å². The number of alkyl halides is 3. The third kappa shape index (κ3) is 3.49. The van der Waals surface area contributed by atoms with E-state index in [1.54, 1.807) is 25.4 Å². The van der Waals surface area contributed by atoms with Crippen molar-refractivity contribution in [3.05, 3.63) is 24.3 Å². The number of H-pyrrole nitrogens is 1. The number of aromatic amines is 1. The summed E-state index contributed by atoms with van der Waals surface area (Å²) >= 11 is 0. The molecule has 5 rings (SSSR count). The fourth-order valence-corrected chi connectivity index (χ4v) is 4.05. The highest BCUT2D eigenvalue weighted by Gasteiger charge is 2.43. The normalized spacial score (nSPS) is 20.8. The molecule has 4 heterocycles. The van der Waals surface area contributed by atoms with Gasteiger partial charge < -0.3 is 24.7 Å². The van der Waals surface area contributed by atoms with E-state index in [2.05, 4.69) is 30.2 Å². The molecule has 32 heavy (non-hydrogen) atoms. The number of ether oxygens (including phenoxy) is 1. The van der Waals surface area contributed by atoms with Crippen LogP contribution in [0.15, 0.2) is 18.5 Å². The lowest BCUT2D eigenvalue weighted by Gasteiger charge is -2.37. The molecule has 0 unspecified atom stereocenters. The zero-order valence-corrected chi connectivity index (χ0v) is 17.2. The number of hydrogen-bond acceptors (Lipinski definition) is 7. The lowest BCUT2D eigenvalue weighted by Crippen LogP contribution is -2.47. The lowest BCUT2D eigenvalue weighted by molar-refractivity contribution is -0.152. The molecule has 168 valence electrons. The van der Waals surface area contributed by atoms with E-state index in [9.17, 15) is 18.3 Å². The van der Waals surface area contributed by atoms with Crippen LogP contribution in [0.5, 0.6) is 5.88 Å². The number of methoxy groups -OCH3 is 1. The highest BCUT2D eigenvalue weighted by Crippen LogP contribution is 2.37. The van der Waals surface area contributed by atoms with E-state index in [4.69, 9.17) is 4.74 Å². The molecule has 1 fully saturated rings. The quantitative estimate of drug-likeness (QED) is 0.416. The number of hydrogen-bond donors (Lipinski definition) is 3. The Hall–Kier alpha value is -3.41. The first kappa shape index (κ1) is 20.5. The summed E-state index contributed by atoms with van der Waals surface area (Å²) in [6.45, 7) is 1.19. The Morgan fingerprint density at radius 3 is 2.81 bits per heavy atom. The summed E-state index contributed by atoms with van der Waals surface area (Å²) in [5, 5.41) is 12.9. The van der Waals surface area contributed by atoms with Gasteiger partial charge in [0, 0.05) is 42.4 Å². The van der Waals surface area contributed by atoms with Crippen LogP contribution in [0.1, 0.15) is 18.7 Å². The highest BCUT2D eigenvalue weighted by molar-refractivity contribution is 5.98. The molecule has 0 bridgehead atoms. The van der Waals surface area contributed by atoms with Gasteiger partial charge in [0.25, 0.3) is 6.43 Å². The summed E-state index contributed by atoms with van der Waals surface area (Å²) in [5.74, 6) is -1.19. The lowest BCUT2D eigenvalue weighted by atomic mass is 9.87. The van der Waals surface area contributed by atoms with E-state index in [-0.39, 0.29) is 30.7 Å². The van der Waals surface area contributed by atoms with Crippen LogP contribution in [-0.2, 0) is 6.54 Å². The van der Waals surface area contributed by atoms with Crippen molar-refractivity contribution in [3.8, 4) is 17.0 Å². The molecule has 0 spiro atoms. The van der Waals surface area contributed by atoms with Gasteiger partial charge in [-0.15, -0.1) is 0 Å². The maximum absolute atomic E-state index is 13.3. The monoisotopic (exact) mass is 447 g/mol. The van der Waals surface area contributed by atoms with Crippen molar-refractivity contribution >= 4 is 28.1 Å². The number of aromatic nitrogens is 6. The van der Waals surface area contributed by atoms with Crippen molar-refractivity contribution in [2.75, 3.05) is 12.4 Å². The average molecular weight is 447 g/mol. The van der Waals surface area contributed by atoms with Crippen LogP contribution < -0.4 is 10.1 Å². The highest BCUT2D eigenvalue weighted by atomic mass is 19.3. The largest absolute Gasteiger partial charge is 0.480 e. The molecule has 3 N–H and O–H groups in total. The molecule has 0 atom stereocenters. The predicted molar refractivity (Wildman–Crippen MR) is 110 cm³/mol. The standard InChI is InChI=1S/C20H20F3N7O2/c1-9-26-16-13(30(9)8-14(21)22)3-10(6-24-16)12-7-25-17-15(12)18(32-2)29-19(28-17)27-11-4-20(23,31)5-11/h3,6-7,11,14,31H,4-5,8H2,1-2H3,(H2,25,27,28,29)/t11-,20-. The molecule has 0 saturated heterocycles. The van der Waals surface area contributed by atoms with Crippen LogP contribution in [-0.4, -0.2) is 60.0 Å². The van der Waals surface area contributed by atoms with E-state index in [0.717, 1.165) is 0 Å². The van der Waals surface area contributed by atoms with Gasteiger partial charge in [0.15, 0.2) is 5.65 Å². The first-order chi connectivity index (χ1) is 15.2. The summed E-state index contributed by atoms with van der Waals surface area (Å²) in [7, 11) is 1.47. The number of imidazole rings is 1. The minimum absolute atomic E-state index is 0.0515. The maximum Gasteiger partial charge on any atom is 0.256 e. The Bertz CT molecular complexity index is 1310. The number of aryl methyl sites for hydroxylation is 1. The zero-order valence-electron chi connectivity index (χ0n) is 17.2. The first-order valence-electron chi connectivity index (χ1n) is 9.96. The Balaban J connectivity index is 1.55. The molecule has 4 aromatic heterocycles. The van der Waals surface area contributed by atoms with Gasteiger partial charge in [0.2, 0.25) is 17.7 Å². The smallest absolute Gasteiger partial charge is 0.256 e. The number of nitrogens with zero attached hydrogens (tertiary/aromatic N) is 5. The summed E-state index contributed by atoms with van der Waals surface area (Å²) in [6.07, 6.45) is 0.686. The number of anilines is 1. The third-order valence-electron chi connectivity index (χ3n) is 5.57. The molecule has 0 aliphatic heterocycles. The number of aliphatic hydroxyl groups is 1. The van der Waals surface area contributed by atoms with Gasteiger partial charge in [0.05, 0.1) is 24.6 Å². The Kier molecular flexibility index (Phi) is 4.69. The molecule has 12 heteroatoms. The topological polar surface area (TPSA) is 114 Å². The SMILES string of the molecule is COc1nc(N[C@H]2C[C@@](O)(F)C2)nc2[nH]cc(-c3cnc4nc(C)n(CC(F)F)c4c3)c12. The Morgan fingerprint density at radius 1 is 1.34 bits per heavy atom. The molecular formula is C20H20F3N7O2. The minimum atomic E-state index is -2.52. The Morgan fingerprint density at radius 2 is 2.12 bits per heavy atom. The first-order valence-corrected chi connectivity index (χ1v) is 9.96. The minimum Gasteiger partial charge on any atom is -0.480 e. The summed E-state index contributed by atoms with van der Waals surface area (Å²) < 4.78 is 46.3. The van der Waals surface area contributed by atoms with Gasteiger partial charge in [-0.1, -0.05) is 0 Å². The van der Waals surface area contributed by atoms with E-state index < -0.39 is 18.8 Å². The van der Waals surface area contributed by atoms with Gasteiger partial charge >= 0.3 is 0 Å². The molecule has 1 aliphatic rings. The summed E-state index contributed by atoms with van der Waals surface area (Å²) in [6, 6.07) is 1.46. The van der Waals surface area contributed by atoms with Crippen LogP contribution in [0.2, 0.25) is 0 Å². The molecule has 0 amide bonds. The van der Waals surface area contributed by atoms with E-state index in [0.29, 0.717) is 39.1 Å². The molecule has 0 radical (unpaired) electrons. The summed E-state index contributed by atoms with van der Waals surface area (Å²) in [5.41, 5.74) is 2.69. The average Bonchev–Trinajstić information content (AvgIpc) is 3.26. The van der Waals surface area contributed by atoms with E-state index in [1.165, 1.54) is 11.7 Å². The number of fused-ring (bicyclic) bond motifs is 2. The van der Waals surface area contributed by atoms with Crippen molar-refractivity contribution in [1.29, 1.82) is 0 Å². The second-order valence-corrected chi connectivity index (χ2v) is 7.88. The number of rotatable bonds is 6. The fraction of sp³-hybridized carbons (Fsp3) is 0.400. The van der Waals surface area contributed by atoms with Gasteiger partial charge in [0.1, 0.15) is 11.5 Å². The number of pyridine rings is 1. The number of nitrogens with one attached hydrogen (secondary N) is 2. The molecular weight excluding hydrogens is 427 g/mol. The third-order valence-corrected chi connectivity index (χ3v) is 5.57. The molecule has 4 aromatic rings. The second-order valence-electron chi connectivity index (χ2n) is 7.88. The summed E-state index contributed by atoms with van der Waals surface area (Å²) in [4.78, 5) is 20.4. The van der Waals surface area contributed by atoms with Crippen LogP contribution in [0.4, 0.5) is 19.1 Å². The van der Waals surface area contributed by atoms with Gasteiger partial charge in [-0.3, -0.25) is 0 Å². The number of halogens is 3. The van der Waals surface area contributed by atoms with Crippen LogP contribution in [0.25, 0.3) is 33.3 Å². The van der Waals surface area contributed by atoms with Crippen molar-refractivity contribution in [2.24, 2.45) is 0 Å². The van der Waals surface area contributed by atoms with Crippen molar-refractivity contribution < 1.29 is 23.0 Å². The second kappa shape index (κ2) is 7.33. The van der Waals surface area contributed by atoms with Crippen molar-refractivity contribution in [1.82, 2.24) is 29.5 Å². The maximum atomic E-state index is 13.3. The molecule has 1 saturated carbocycles. The van der Waals surface area contributed by atoms with E-state index >= 15 is 0 Å². The van der Waals surface area contributed by atoms with Crippen molar-refractivity contribution in [3.63, 3.8) is 0 Å². The molecule has 1 aliphatic carbocycles.